The van der Waals surface area contributed by atoms with Gasteiger partial charge in [-0.3, -0.25) is 14.4 Å². The monoisotopic (exact) mass is 452 g/mol. The minimum Gasteiger partial charge on any atom is -0.432 e. The van der Waals surface area contributed by atoms with Gasteiger partial charge < -0.3 is 13.8 Å². The van der Waals surface area contributed by atoms with E-state index < -0.39 is 11.4 Å². The van der Waals surface area contributed by atoms with Crippen LogP contribution >= 0.6 is 0 Å². The van der Waals surface area contributed by atoms with Gasteiger partial charge in [0, 0.05) is 40.4 Å². The summed E-state index contributed by atoms with van der Waals surface area (Å²) in [7, 11) is 0. The maximum atomic E-state index is 13.3. The second kappa shape index (κ2) is 6.95. The molecule has 0 radical (unpaired) electrons. The van der Waals surface area contributed by atoms with E-state index in [1.165, 1.54) is 6.92 Å². The third-order valence-electron chi connectivity index (χ3n) is 6.24. The number of hydrogen-bond acceptors (Lipinski definition) is 7. The number of fused-ring (bicyclic) bond motifs is 7. The van der Waals surface area contributed by atoms with Crippen LogP contribution in [0.5, 0.6) is 0 Å². The van der Waals surface area contributed by atoms with Crippen molar-refractivity contribution in [2.45, 2.75) is 20.4 Å². The summed E-state index contributed by atoms with van der Waals surface area (Å²) < 4.78 is 7.75. The van der Waals surface area contributed by atoms with Gasteiger partial charge in [0.1, 0.15) is 0 Å². The Balaban J connectivity index is 1.85. The fourth-order valence-corrected chi connectivity index (χ4v) is 4.79. The van der Waals surface area contributed by atoms with Gasteiger partial charge in [-0.2, -0.15) is 0 Å². The Kier molecular flexibility index (Phi) is 4.10. The van der Waals surface area contributed by atoms with Crippen LogP contribution in [0.25, 0.3) is 54.3 Å². The van der Waals surface area contributed by atoms with Gasteiger partial charge in [0.15, 0.2) is 16.4 Å². The van der Waals surface area contributed by atoms with E-state index in [9.17, 15) is 19.2 Å². The van der Waals surface area contributed by atoms with Crippen molar-refractivity contribution < 1.29 is 14.0 Å². The molecule has 0 bridgehead atoms. The molecule has 0 fully saturated rings. The number of aryl methyl sites for hydroxylation is 1. The minimum atomic E-state index is -0.678. The minimum absolute atomic E-state index is 0.201. The smallest absolute Gasteiger partial charge is 0.332 e. The summed E-state index contributed by atoms with van der Waals surface area (Å²) in [4.78, 5) is 55.0. The summed E-state index contributed by atoms with van der Waals surface area (Å²) in [5.74, 6) is -0.678. The Labute approximate surface area is 189 Å². The molecule has 0 amide bonds. The summed E-state index contributed by atoms with van der Waals surface area (Å²) in [6.45, 7) is 3.72. The number of carbonyl (C=O) groups is 1. The largest absolute Gasteiger partial charge is 0.432 e. The van der Waals surface area contributed by atoms with Gasteiger partial charge in [0.05, 0.1) is 21.8 Å². The first-order chi connectivity index (χ1) is 16.4. The highest BCUT2D eigenvalue weighted by Gasteiger charge is 2.20. The van der Waals surface area contributed by atoms with Crippen LogP contribution in [0.1, 0.15) is 13.8 Å². The van der Waals surface area contributed by atoms with Gasteiger partial charge >= 0.3 is 11.5 Å². The number of aromatic nitrogens is 1. The Morgan fingerprint density at radius 3 is 2.18 bits per heavy atom. The molecule has 0 aliphatic carbocycles. The number of carbonyl (C=O) groups excluding carboxylic acids is 1. The van der Waals surface area contributed by atoms with Gasteiger partial charge in [-0.1, -0.05) is 24.3 Å². The molecule has 8 nitrogen and oxygen atoms in total. The molecule has 0 spiro atoms. The van der Waals surface area contributed by atoms with E-state index in [4.69, 9.17) is 4.42 Å². The number of benzene rings is 4. The lowest BCUT2D eigenvalue weighted by Gasteiger charge is -2.05. The van der Waals surface area contributed by atoms with E-state index in [-0.39, 0.29) is 27.4 Å². The highest BCUT2D eigenvalue weighted by atomic mass is 16.7. The van der Waals surface area contributed by atoms with E-state index in [0.29, 0.717) is 38.9 Å². The van der Waals surface area contributed by atoms with E-state index in [1.54, 1.807) is 48.5 Å². The zero-order valence-corrected chi connectivity index (χ0v) is 18.2. The molecule has 4 aromatic carbocycles. The molecule has 2 aromatic heterocycles. The quantitative estimate of drug-likeness (QED) is 0.227. The van der Waals surface area contributed by atoms with E-state index in [2.05, 4.69) is 9.99 Å². The van der Waals surface area contributed by atoms with Crippen LogP contribution in [0.2, 0.25) is 0 Å². The average Bonchev–Trinajstić information content (AvgIpc) is 3.33. The van der Waals surface area contributed by atoms with Gasteiger partial charge in [0.25, 0.3) is 5.43 Å². The van der Waals surface area contributed by atoms with Crippen LogP contribution in [-0.4, -0.2) is 10.5 Å². The normalized spacial score (nSPS) is 12.6. The fraction of sp³-hybridized carbons (Fsp3) is 0.115. The molecule has 0 unspecified atom stereocenters. The lowest BCUT2D eigenvalue weighted by Crippen LogP contribution is -2.19. The topological polar surface area (TPSA) is 108 Å². The molecule has 0 saturated heterocycles. The van der Waals surface area contributed by atoms with Crippen molar-refractivity contribution in [1.29, 1.82) is 0 Å². The molecule has 34 heavy (non-hydrogen) atoms. The van der Waals surface area contributed by atoms with E-state index in [0.717, 1.165) is 11.0 Å². The van der Waals surface area contributed by atoms with Crippen molar-refractivity contribution in [2.75, 3.05) is 0 Å². The molecule has 8 heteroatoms. The van der Waals surface area contributed by atoms with Gasteiger partial charge in [-0.05, 0) is 36.3 Å². The van der Waals surface area contributed by atoms with Crippen molar-refractivity contribution in [2.24, 2.45) is 5.16 Å². The van der Waals surface area contributed by atoms with Crippen molar-refractivity contribution in [3.8, 4) is 0 Å². The third kappa shape index (κ3) is 2.56. The van der Waals surface area contributed by atoms with Crippen molar-refractivity contribution in [1.82, 2.24) is 4.57 Å². The molecular formula is C26H16N2O6. The van der Waals surface area contributed by atoms with E-state index in [1.807, 2.05) is 11.5 Å². The Hall–Kier alpha value is -4.59. The van der Waals surface area contributed by atoms with Crippen LogP contribution in [0, 0.1) is 0 Å². The van der Waals surface area contributed by atoms with Crippen LogP contribution in [0.3, 0.4) is 0 Å². The SMILES string of the molecule is CCn1c2cc3c(=O)c4ccccc4c(=O)c3cc2c2c3o/c(=N\OC(C)=O)c(=O)c3ccc21. The van der Waals surface area contributed by atoms with Crippen molar-refractivity contribution in [3.05, 3.63) is 84.8 Å². The molecular weight excluding hydrogens is 436 g/mol. The molecule has 166 valence electrons. The first-order valence-corrected chi connectivity index (χ1v) is 10.7. The first kappa shape index (κ1) is 20.0. The highest BCUT2D eigenvalue weighted by molar-refractivity contribution is 6.21. The van der Waals surface area contributed by atoms with Crippen LogP contribution in [0.4, 0.5) is 0 Å². The van der Waals surface area contributed by atoms with Crippen LogP contribution < -0.4 is 21.8 Å². The van der Waals surface area contributed by atoms with E-state index >= 15 is 0 Å². The van der Waals surface area contributed by atoms with Crippen LogP contribution in [0.15, 0.2) is 72.5 Å². The predicted molar refractivity (Wildman–Crippen MR) is 128 cm³/mol. The molecule has 6 aromatic rings. The maximum absolute atomic E-state index is 13.3. The second-order valence-corrected chi connectivity index (χ2v) is 8.11. The highest BCUT2D eigenvalue weighted by Crippen LogP contribution is 2.35. The standard InChI is InChI=1S/C26H16N2O6/c1-3-28-19-9-8-15-24(32)26(27-34-12(2)29)33-25(15)21(19)18-10-16-17(11-20(18)28)23(31)14-7-5-4-6-13(14)22(16)30/h4-11H,3H2,1-2H3/b27-26-. The third-order valence-corrected chi connectivity index (χ3v) is 6.24. The zero-order valence-electron chi connectivity index (χ0n) is 18.2. The molecule has 6 rings (SSSR count). The van der Waals surface area contributed by atoms with Gasteiger partial charge in [0.2, 0.25) is 0 Å². The summed E-state index contributed by atoms with van der Waals surface area (Å²) in [5.41, 5.74) is 0.519. The fourth-order valence-electron chi connectivity index (χ4n) is 4.79. The Morgan fingerprint density at radius 1 is 0.853 bits per heavy atom. The maximum Gasteiger partial charge on any atom is 0.332 e. The predicted octanol–water partition coefficient (Wildman–Crippen LogP) is 3.20. The zero-order chi connectivity index (χ0) is 23.7. The molecule has 0 aliphatic rings. The lowest BCUT2D eigenvalue weighted by atomic mass is 10.00. The van der Waals surface area contributed by atoms with Crippen molar-refractivity contribution >= 4 is 60.3 Å². The number of furan rings is 1. The summed E-state index contributed by atoms with van der Waals surface area (Å²) in [6, 6.07) is 13.6. The molecule has 0 atom stereocenters. The molecule has 0 N–H and O–H groups in total. The summed E-state index contributed by atoms with van der Waals surface area (Å²) in [5, 5.41) is 6.52. The second-order valence-electron chi connectivity index (χ2n) is 8.11. The number of hydrogen-bond donors (Lipinski definition) is 0. The van der Waals surface area contributed by atoms with Crippen molar-refractivity contribution in [3.63, 3.8) is 0 Å². The lowest BCUT2D eigenvalue weighted by molar-refractivity contribution is -0.141. The van der Waals surface area contributed by atoms with Gasteiger partial charge in [-0.25, -0.2) is 4.79 Å². The summed E-state index contributed by atoms with van der Waals surface area (Å²) in [6.07, 6.45) is 0. The summed E-state index contributed by atoms with van der Waals surface area (Å²) >= 11 is 0. The van der Waals surface area contributed by atoms with Gasteiger partial charge in [-0.15, -0.1) is 0 Å². The Bertz CT molecular complexity index is 2070. The average molecular weight is 452 g/mol. The molecule has 0 aliphatic heterocycles. The molecule has 2 heterocycles. The number of rotatable bonds is 2. The first-order valence-electron chi connectivity index (χ1n) is 10.7. The van der Waals surface area contributed by atoms with Crippen LogP contribution in [-0.2, 0) is 16.2 Å². The number of nitrogens with zero attached hydrogens (tertiary/aromatic N) is 2. The molecule has 0 saturated carbocycles. The Morgan fingerprint density at radius 2 is 1.53 bits per heavy atom.